The minimum Gasteiger partial charge on any atom is -0.490 e. The molecule has 8 nitrogen and oxygen atoms in total. The molecule has 2 aliphatic heterocycles. The Morgan fingerprint density at radius 3 is 2.03 bits per heavy atom. The topological polar surface area (TPSA) is 78.8 Å². The van der Waals surface area contributed by atoms with Crippen LogP contribution in [-0.2, 0) is 0 Å². The van der Waals surface area contributed by atoms with E-state index >= 15 is 0 Å². The van der Waals surface area contributed by atoms with Gasteiger partial charge in [-0.05, 0) is 64.5 Å². The zero-order valence-electron chi connectivity index (χ0n) is 18.6. The van der Waals surface area contributed by atoms with Crippen LogP contribution in [0.25, 0.3) is 0 Å². The summed E-state index contributed by atoms with van der Waals surface area (Å²) in [7, 11) is 0. The van der Waals surface area contributed by atoms with Gasteiger partial charge in [0.2, 0.25) is 17.8 Å². The number of ether oxygens (including phenoxy) is 1. The van der Waals surface area contributed by atoms with Gasteiger partial charge in [-0.15, -0.1) is 0 Å². The monoisotopic (exact) mass is 423 g/mol. The van der Waals surface area contributed by atoms with Crippen LogP contribution in [0, 0.1) is 0 Å². The molecule has 0 unspecified atom stereocenters. The van der Waals surface area contributed by atoms with Gasteiger partial charge in [0, 0.05) is 31.7 Å². The maximum Gasteiger partial charge on any atom is 0.250 e. The summed E-state index contributed by atoms with van der Waals surface area (Å²) in [6.45, 7) is 8.00. The summed E-state index contributed by atoms with van der Waals surface area (Å²) in [5.41, 5.74) is 3.94. The maximum absolute atomic E-state index is 5.87. The van der Waals surface area contributed by atoms with Crippen molar-refractivity contribution in [2.75, 3.05) is 41.4 Å². The average molecular weight is 424 g/mol. The Bertz CT molecular complexity index is 838. The minimum absolute atomic E-state index is 0.102. The van der Waals surface area contributed by atoms with Gasteiger partial charge >= 0.3 is 0 Å². The summed E-state index contributed by atoms with van der Waals surface area (Å²) >= 11 is 0. The predicted octanol–water partition coefficient (Wildman–Crippen LogP) is 4.09. The van der Waals surface area contributed by atoms with Gasteiger partial charge in [-0.3, -0.25) is 0 Å². The summed E-state index contributed by atoms with van der Waals surface area (Å²) in [5.74, 6) is 2.78. The van der Waals surface area contributed by atoms with Crippen LogP contribution in [0.3, 0.4) is 0 Å². The first-order valence-corrected chi connectivity index (χ1v) is 11.5. The fourth-order valence-electron chi connectivity index (χ4n) is 3.98. The predicted molar refractivity (Wildman–Crippen MR) is 125 cm³/mol. The van der Waals surface area contributed by atoms with Crippen LogP contribution in [0.5, 0.6) is 5.75 Å². The second kappa shape index (κ2) is 10.4. The van der Waals surface area contributed by atoms with Crippen LogP contribution >= 0.6 is 0 Å². The number of hydrazone groups is 1. The van der Waals surface area contributed by atoms with Crippen molar-refractivity contribution in [1.82, 2.24) is 15.0 Å². The lowest BCUT2D eigenvalue weighted by Gasteiger charge is -2.30. The molecule has 0 radical (unpaired) electrons. The molecule has 4 rings (SSSR count). The molecule has 3 heterocycles. The largest absolute Gasteiger partial charge is 0.490 e. The molecule has 1 N–H and O–H groups in total. The standard InChI is InChI=1S/C23H33N7O/c1-18(2)31-20-12-6-5-11-19(20)17-24-28-21-25-22(29-13-7-3-8-14-29)27-23(26-21)30-15-9-4-10-16-30/h5-6,11-12,17-18H,3-4,7-10,13-16H2,1-2H3,(H,25,26,27,28)/b24-17-. The lowest BCUT2D eigenvalue weighted by atomic mass is 10.1. The summed E-state index contributed by atoms with van der Waals surface area (Å²) < 4.78 is 5.87. The van der Waals surface area contributed by atoms with Gasteiger partial charge in [-0.25, -0.2) is 5.43 Å². The second-order valence-corrected chi connectivity index (χ2v) is 8.43. The number of benzene rings is 1. The third kappa shape index (κ3) is 5.83. The normalized spacial score (nSPS) is 17.4. The number of rotatable bonds is 7. The Morgan fingerprint density at radius 1 is 0.871 bits per heavy atom. The number of aromatic nitrogens is 3. The van der Waals surface area contributed by atoms with Gasteiger partial charge in [-0.1, -0.05) is 12.1 Å². The maximum atomic E-state index is 5.87. The van der Waals surface area contributed by atoms with E-state index in [-0.39, 0.29) is 6.10 Å². The molecule has 0 spiro atoms. The molecular weight excluding hydrogens is 390 g/mol. The Morgan fingerprint density at radius 2 is 1.45 bits per heavy atom. The van der Waals surface area contributed by atoms with E-state index in [1.165, 1.54) is 38.5 Å². The molecule has 8 heteroatoms. The summed E-state index contributed by atoms with van der Waals surface area (Å²) in [6.07, 6.45) is 9.11. The van der Waals surface area contributed by atoms with Gasteiger partial charge in [0.05, 0.1) is 12.3 Å². The molecule has 31 heavy (non-hydrogen) atoms. The number of hydrogen-bond acceptors (Lipinski definition) is 8. The van der Waals surface area contributed by atoms with E-state index in [1.54, 1.807) is 6.21 Å². The summed E-state index contributed by atoms with van der Waals surface area (Å²) in [6, 6.07) is 7.87. The van der Waals surface area contributed by atoms with Gasteiger partial charge in [0.25, 0.3) is 0 Å². The Hall–Kier alpha value is -2.90. The van der Waals surface area contributed by atoms with Gasteiger partial charge in [0.15, 0.2) is 0 Å². The van der Waals surface area contributed by atoms with Crippen molar-refractivity contribution in [3.05, 3.63) is 29.8 Å². The van der Waals surface area contributed by atoms with Crippen LogP contribution in [-0.4, -0.2) is 53.4 Å². The molecule has 0 amide bonds. The highest BCUT2D eigenvalue weighted by atomic mass is 16.5. The van der Waals surface area contributed by atoms with Crippen molar-refractivity contribution in [3.63, 3.8) is 0 Å². The van der Waals surface area contributed by atoms with E-state index in [0.29, 0.717) is 5.95 Å². The molecule has 0 aliphatic carbocycles. The second-order valence-electron chi connectivity index (χ2n) is 8.43. The van der Waals surface area contributed by atoms with Gasteiger partial charge in [0.1, 0.15) is 5.75 Å². The van der Waals surface area contributed by atoms with Crippen molar-refractivity contribution >= 4 is 24.1 Å². The number of hydrogen-bond donors (Lipinski definition) is 1. The van der Waals surface area contributed by atoms with E-state index in [0.717, 1.165) is 49.4 Å². The number of para-hydroxylation sites is 1. The Balaban J connectivity index is 1.54. The SMILES string of the molecule is CC(C)Oc1ccccc1/C=N\Nc1nc(N2CCCCC2)nc(N2CCCCC2)n1. The van der Waals surface area contributed by atoms with Crippen molar-refractivity contribution in [3.8, 4) is 5.75 Å². The first-order valence-electron chi connectivity index (χ1n) is 11.5. The highest BCUT2D eigenvalue weighted by molar-refractivity contribution is 5.83. The lowest BCUT2D eigenvalue weighted by Crippen LogP contribution is -2.34. The van der Waals surface area contributed by atoms with Crippen molar-refractivity contribution in [2.45, 2.75) is 58.5 Å². The van der Waals surface area contributed by atoms with Gasteiger partial charge in [-0.2, -0.15) is 20.1 Å². The highest BCUT2D eigenvalue weighted by Crippen LogP contribution is 2.23. The molecule has 1 aromatic carbocycles. The molecule has 0 saturated carbocycles. The molecule has 0 bridgehead atoms. The summed E-state index contributed by atoms with van der Waals surface area (Å²) in [5, 5.41) is 4.41. The number of nitrogens with one attached hydrogen (secondary N) is 1. The molecular formula is C23H33N7O. The van der Waals surface area contributed by atoms with Crippen molar-refractivity contribution in [2.24, 2.45) is 5.10 Å². The fraction of sp³-hybridized carbons (Fsp3) is 0.565. The van der Waals surface area contributed by atoms with Crippen LogP contribution in [0.4, 0.5) is 17.8 Å². The molecule has 166 valence electrons. The highest BCUT2D eigenvalue weighted by Gasteiger charge is 2.20. The minimum atomic E-state index is 0.102. The number of anilines is 3. The van der Waals surface area contributed by atoms with Crippen LogP contribution in [0.2, 0.25) is 0 Å². The van der Waals surface area contributed by atoms with E-state index in [1.807, 2.05) is 38.1 Å². The molecule has 1 aromatic heterocycles. The quantitative estimate of drug-likeness (QED) is 0.531. The average Bonchev–Trinajstić information content (AvgIpc) is 2.81. The zero-order chi connectivity index (χ0) is 21.5. The number of nitrogens with zero attached hydrogens (tertiary/aromatic N) is 6. The fourth-order valence-corrected chi connectivity index (χ4v) is 3.98. The van der Waals surface area contributed by atoms with Crippen molar-refractivity contribution < 1.29 is 4.74 Å². The van der Waals surface area contributed by atoms with E-state index in [4.69, 9.17) is 9.72 Å². The zero-order valence-corrected chi connectivity index (χ0v) is 18.6. The van der Waals surface area contributed by atoms with Crippen LogP contribution < -0.4 is 20.0 Å². The molecule has 0 atom stereocenters. The third-order valence-electron chi connectivity index (χ3n) is 5.54. The molecule has 2 aliphatic rings. The first-order chi connectivity index (χ1) is 15.2. The molecule has 2 aromatic rings. The smallest absolute Gasteiger partial charge is 0.250 e. The van der Waals surface area contributed by atoms with Gasteiger partial charge < -0.3 is 14.5 Å². The summed E-state index contributed by atoms with van der Waals surface area (Å²) in [4.78, 5) is 18.7. The van der Waals surface area contributed by atoms with E-state index in [2.05, 4.69) is 30.3 Å². The van der Waals surface area contributed by atoms with E-state index in [9.17, 15) is 0 Å². The Labute approximate surface area is 184 Å². The van der Waals surface area contributed by atoms with Crippen LogP contribution in [0.15, 0.2) is 29.4 Å². The molecule has 2 fully saturated rings. The lowest BCUT2D eigenvalue weighted by molar-refractivity contribution is 0.242. The molecule has 2 saturated heterocycles. The van der Waals surface area contributed by atoms with E-state index < -0.39 is 0 Å². The first kappa shape index (κ1) is 21.3. The third-order valence-corrected chi connectivity index (χ3v) is 5.54. The Kier molecular flexibility index (Phi) is 7.17. The number of piperidine rings is 2. The van der Waals surface area contributed by atoms with Crippen LogP contribution in [0.1, 0.15) is 57.9 Å². The van der Waals surface area contributed by atoms with Crippen molar-refractivity contribution in [1.29, 1.82) is 0 Å².